The summed E-state index contributed by atoms with van der Waals surface area (Å²) in [5, 5.41) is 9.04. The van der Waals surface area contributed by atoms with Crippen molar-refractivity contribution in [2.24, 2.45) is 0 Å². The number of rotatable bonds is 8. The van der Waals surface area contributed by atoms with Crippen molar-refractivity contribution >= 4 is 34.8 Å². The minimum Gasteiger partial charge on any atom is -0.497 e. The van der Waals surface area contributed by atoms with Crippen molar-refractivity contribution in [3.05, 3.63) is 53.1 Å². The number of anilines is 2. The van der Waals surface area contributed by atoms with Crippen LogP contribution in [0.5, 0.6) is 5.75 Å². The number of benzene rings is 2. The Morgan fingerprint density at radius 1 is 1.12 bits per heavy atom. The number of carbonyl (C=O) groups excluding carboxylic acids is 2. The van der Waals surface area contributed by atoms with E-state index < -0.39 is 0 Å². The summed E-state index contributed by atoms with van der Waals surface area (Å²) in [5.74, 6) is 0.263. The van der Waals surface area contributed by atoms with Gasteiger partial charge >= 0.3 is 0 Å². The maximum atomic E-state index is 12.2. The zero-order valence-electron chi connectivity index (χ0n) is 14.8. The van der Waals surface area contributed by atoms with E-state index >= 15 is 0 Å². The zero-order chi connectivity index (χ0) is 18.9. The third kappa shape index (κ3) is 5.67. The predicted octanol–water partition coefficient (Wildman–Crippen LogP) is 3.54. The molecule has 0 bridgehead atoms. The molecule has 0 aliphatic carbocycles. The number of halogens is 1. The second-order valence-electron chi connectivity index (χ2n) is 5.58. The molecule has 0 radical (unpaired) electrons. The van der Waals surface area contributed by atoms with Gasteiger partial charge in [0.2, 0.25) is 5.91 Å². The smallest absolute Gasteiger partial charge is 0.253 e. The summed E-state index contributed by atoms with van der Waals surface area (Å²) in [6, 6.07) is 11.9. The molecule has 7 heteroatoms. The second-order valence-corrected chi connectivity index (χ2v) is 6.01. The Balaban J connectivity index is 1.99. The molecular weight excluding hydrogens is 354 g/mol. The number of carbonyl (C=O) groups is 2. The summed E-state index contributed by atoms with van der Waals surface area (Å²) < 4.78 is 5.08. The fraction of sp³-hybridized carbons (Fsp3) is 0.263. The first-order valence-electron chi connectivity index (χ1n) is 8.29. The van der Waals surface area contributed by atoms with Crippen LogP contribution in [0.2, 0.25) is 5.02 Å². The van der Waals surface area contributed by atoms with Crippen LogP contribution in [0.1, 0.15) is 23.7 Å². The topological polar surface area (TPSA) is 79.5 Å². The van der Waals surface area contributed by atoms with Crippen LogP contribution in [0.25, 0.3) is 0 Å². The Morgan fingerprint density at radius 3 is 2.50 bits per heavy atom. The van der Waals surface area contributed by atoms with Crippen molar-refractivity contribution in [1.82, 2.24) is 5.32 Å². The van der Waals surface area contributed by atoms with Gasteiger partial charge in [-0.1, -0.05) is 18.5 Å². The van der Waals surface area contributed by atoms with E-state index in [4.69, 9.17) is 16.3 Å². The fourth-order valence-corrected chi connectivity index (χ4v) is 2.42. The van der Waals surface area contributed by atoms with Crippen molar-refractivity contribution in [3.8, 4) is 5.75 Å². The van der Waals surface area contributed by atoms with Crippen LogP contribution in [0, 0.1) is 0 Å². The summed E-state index contributed by atoms with van der Waals surface area (Å²) in [7, 11) is 1.58. The fourth-order valence-electron chi connectivity index (χ4n) is 2.25. The predicted molar refractivity (Wildman–Crippen MR) is 104 cm³/mol. The largest absolute Gasteiger partial charge is 0.497 e. The van der Waals surface area contributed by atoms with Gasteiger partial charge in [0.25, 0.3) is 5.91 Å². The average Bonchev–Trinajstić information content (AvgIpc) is 2.65. The van der Waals surface area contributed by atoms with Gasteiger partial charge in [0.15, 0.2) is 0 Å². The molecule has 6 nitrogen and oxygen atoms in total. The molecule has 3 N–H and O–H groups in total. The lowest BCUT2D eigenvalue weighted by Gasteiger charge is -2.13. The van der Waals surface area contributed by atoms with Crippen LogP contribution in [0.4, 0.5) is 11.4 Å². The Kier molecular flexibility index (Phi) is 7.29. The summed E-state index contributed by atoms with van der Waals surface area (Å²) in [5.41, 5.74) is 1.61. The molecule has 0 fully saturated rings. The van der Waals surface area contributed by atoms with E-state index in [1.165, 1.54) is 0 Å². The summed E-state index contributed by atoms with van der Waals surface area (Å²) in [6.07, 6.45) is 0.840. The molecule has 0 heterocycles. The molecule has 0 spiro atoms. The quantitative estimate of drug-likeness (QED) is 0.659. The number of ether oxygens (including phenoxy) is 1. The van der Waals surface area contributed by atoms with Crippen LogP contribution in [-0.2, 0) is 4.79 Å². The van der Waals surface area contributed by atoms with E-state index in [0.717, 1.165) is 6.42 Å². The molecule has 2 aromatic rings. The first-order chi connectivity index (χ1) is 12.5. The second kappa shape index (κ2) is 9.68. The summed E-state index contributed by atoms with van der Waals surface area (Å²) in [6.45, 7) is 2.56. The number of nitrogens with one attached hydrogen (secondary N) is 3. The molecule has 2 amide bonds. The monoisotopic (exact) mass is 375 g/mol. The van der Waals surface area contributed by atoms with Gasteiger partial charge in [-0.05, 0) is 48.9 Å². The highest BCUT2D eigenvalue weighted by Gasteiger charge is 2.12. The molecule has 0 aliphatic heterocycles. The van der Waals surface area contributed by atoms with E-state index in [0.29, 0.717) is 34.3 Å². The van der Waals surface area contributed by atoms with Gasteiger partial charge in [-0.3, -0.25) is 9.59 Å². The zero-order valence-corrected chi connectivity index (χ0v) is 15.5. The van der Waals surface area contributed by atoms with E-state index in [1.807, 2.05) is 6.92 Å². The summed E-state index contributed by atoms with van der Waals surface area (Å²) in [4.78, 5) is 24.4. The lowest BCUT2D eigenvalue weighted by atomic mass is 10.1. The van der Waals surface area contributed by atoms with Crippen LogP contribution in [0.15, 0.2) is 42.5 Å². The minimum absolute atomic E-state index is 0.000426. The Morgan fingerprint density at radius 2 is 1.85 bits per heavy atom. The minimum atomic E-state index is -0.241. The maximum absolute atomic E-state index is 12.2. The number of methoxy groups -OCH3 is 1. The van der Waals surface area contributed by atoms with Gasteiger partial charge in [-0.15, -0.1) is 0 Å². The highest BCUT2D eigenvalue weighted by atomic mass is 35.5. The molecule has 0 aliphatic rings. The van der Waals surface area contributed by atoms with Crippen molar-refractivity contribution in [1.29, 1.82) is 0 Å². The van der Waals surface area contributed by atoms with Crippen molar-refractivity contribution in [2.75, 3.05) is 30.8 Å². The van der Waals surface area contributed by atoms with Crippen LogP contribution < -0.4 is 20.7 Å². The normalized spacial score (nSPS) is 10.1. The number of amides is 2. The highest BCUT2D eigenvalue weighted by Crippen LogP contribution is 2.21. The first-order valence-corrected chi connectivity index (χ1v) is 8.66. The molecule has 0 saturated heterocycles. The van der Waals surface area contributed by atoms with E-state index in [1.54, 1.807) is 49.6 Å². The van der Waals surface area contributed by atoms with Crippen molar-refractivity contribution in [3.63, 3.8) is 0 Å². The molecular formula is C19H22ClN3O3. The molecule has 0 aromatic heterocycles. The Labute approximate surface area is 157 Å². The van der Waals surface area contributed by atoms with Gasteiger partial charge in [0.05, 0.1) is 19.2 Å². The van der Waals surface area contributed by atoms with Crippen LogP contribution in [0.3, 0.4) is 0 Å². The lowest BCUT2D eigenvalue weighted by Crippen LogP contribution is -2.27. The van der Waals surface area contributed by atoms with Gasteiger partial charge in [-0.25, -0.2) is 0 Å². The molecule has 138 valence electrons. The number of hydrogen-bond donors (Lipinski definition) is 3. The third-order valence-electron chi connectivity index (χ3n) is 3.57. The summed E-state index contributed by atoms with van der Waals surface area (Å²) >= 11 is 6.02. The van der Waals surface area contributed by atoms with Crippen LogP contribution in [-0.4, -0.2) is 32.0 Å². The Bertz CT molecular complexity index is 763. The van der Waals surface area contributed by atoms with E-state index in [9.17, 15) is 9.59 Å². The standard InChI is InChI=1S/C19H22ClN3O3/c1-3-10-21-19(25)16-9-4-13(20)11-17(16)22-12-18(24)23-14-5-7-15(26-2)8-6-14/h4-9,11,22H,3,10,12H2,1-2H3,(H,21,25)(H,23,24). The molecule has 0 saturated carbocycles. The van der Waals surface area contributed by atoms with Gasteiger partial charge < -0.3 is 20.7 Å². The lowest BCUT2D eigenvalue weighted by molar-refractivity contribution is -0.114. The molecule has 26 heavy (non-hydrogen) atoms. The van der Waals surface area contributed by atoms with Gasteiger partial charge in [0, 0.05) is 22.9 Å². The molecule has 2 aromatic carbocycles. The van der Waals surface area contributed by atoms with Crippen molar-refractivity contribution < 1.29 is 14.3 Å². The molecule has 0 unspecified atom stereocenters. The molecule has 2 rings (SSSR count). The number of hydrogen-bond acceptors (Lipinski definition) is 4. The van der Waals surface area contributed by atoms with Gasteiger partial charge in [-0.2, -0.15) is 0 Å². The first kappa shape index (κ1) is 19.6. The average molecular weight is 376 g/mol. The van der Waals surface area contributed by atoms with E-state index in [2.05, 4.69) is 16.0 Å². The highest BCUT2D eigenvalue weighted by molar-refractivity contribution is 6.31. The third-order valence-corrected chi connectivity index (χ3v) is 3.81. The SMILES string of the molecule is CCCNC(=O)c1ccc(Cl)cc1NCC(=O)Nc1ccc(OC)cc1. The maximum Gasteiger partial charge on any atom is 0.253 e. The Hall–Kier alpha value is -2.73. The van der Waals surface area contributed by atoms with Crippen molar-refractivity contribution in [2.45, 2.75) is 13.3 Å². The van der Waals surface area contributed by atoms with Gasteiger partial charge in [0.1, 0.15) is 5.75 Å². The van der Waals surface area contributed by atoms with Crippen LogP contribution >= 0.6 is 11.6 Å². The van der Waals surface area contributed by atoms with E-state index in [-0.39, 0.29) is 18.4 Å². The molecule has 0 atom stereocenters.